The molecule has 0 rings (SSSR count). The zero-order valence-corrected chi connectivity index (χ0v) is 31.6. The van der Waals surface area contributed by atoms with Crippen LogP contribution < -0.4 is 84.3 Å². The molecule has 56 heavy (non-hydrogen) atoms. The number of hydrogen-bond donors (Lipinski definition) is 16. The maximum Gasteiger partial charge on any atom is 0.326 e. The second-order valence-electron chi connectivity index (χ2n) is 12.4. The molecule has 0 saturated carbocycles. The van der Waals surface area contributed by atoms with Crippen LogP contribution in [0.15, 0.2) is 25.0 Å². The highest BCUT2D eigenvalue weighted by molar-refractivity contribution is 5.95. The van der Waals surface area contributed by atoms with Crippen LogP contribution in [0.5, 0.6) is 0 Å². The Balaban J connectivity index is 6.33. The van der Waals surface area contributed by atoms with Crippen LogP contribution in [0.25, 0.3) is 0 Å². The van der Waals surface area contributed by atoms with Crippen LogP contribution in [-0.2, 0) is 24.0 Å². The van der Waals surface area contributed by atoms with Crippen molar-refractivity contribution in [3.63, 3.8) is 0 Å². The van der Waals surface area contributed by atoms with E-state index in [0.717, 1.165) is 0 Å². The molecule has 0 unspecified atom stereocenters. The SMILES string of the molecule is NC(N)=NCCC[C@@H](N)C(=O)N[C@H](CCCN=C(N)N)C(=O)N[C@H](CCCN=C(N)N)C(=O)N[C@H](CCCN=C(N)N)C(=O)N[C@H](CCCN=C(N)N)C(=O)O. The zero-order chi connectivity index (χ0) is 42.6. The highest BCUT2D eigenvalue weighted by atomic mass is 16.4. The predicted octanol–water partition coefficient (Wildman–Crippen LogP) is -7.39. The number of amides is 4. The minimum absolute atomic E-state index is 0.0296. The second-order valence-corrected chi connectivity index (χ2v) is 12.4. The molecule has 0 aromatic rings. The van der Waals surface area contributed by atoms with Gasteiger partial charge in [0.25, 0.3) is 0 Å². The number of nitrogens with two attached hydrogens (primary N) is 11. The Morgan fingerprint density at radius 3 is 0.893 bits per heavy atom. The molecule has 0 bridgehead atoms. The third-order valence-electron chi connectivity index (χ3n) is 7.60. The number of aliphatic carboxylic acids is 1. The predicted molar refractivity (Wildman–Crippen MR) is 213 cm³/mol. The fourth-order valence-electron chi connectivity index (χ4n) is 4.82. The number of carboxylic acids is 1. The lowest BCUT2D eigenvalue weighted by Gasteiger charge is -2.26. The number of carbonyl (C=O) groups excluding carboxylic acids is 4. The number of carbonyl (C=O) groups is 5. The van der Waals surface area contributed by atoms with Crippen LogP contribution in [0.1, 0.15) is 64.2 Å². The van der Waals surface area contributed by atoms with Crippen LogP contribution in [0.2, 0.25) is 0 Å². The molecule has 0 saturated heterocycles. The molecule has 27 N–H and O–H groups in total. The van der Waals surface area contributed by atoms with E-state index in [1.807, 2.05) is 0 Å². The summed E-state index contributed by atoms with van der Waals surface area (Å²) in [6, 6.07) is -6.20. The molecule has 5 atom stereocenters. The van der Waals surface area contributed by atoms with E-state index >= 15 is 0 Å². The molecule has 0 aromatic heterocycles. The second kappa shape index (κ2) is 28.2. The lowest BCUT2D eigenvalue weighted by atomic mass is 10.0. The van der Waals surface area contributed by atoms with Gasteiger partial charge in [-0.2, -0.15) is 0 Å². The topological polar surface area (TPSA) is 502 Å². The molecule has 0 aliphatic heterocycles. The Bertz CT molecular complexity index is 1400. The molecule has 0 aromatic carbocycles. The van der Waals surface area contributed by atoms with E-state index in [1.165, 1.54) is 0 Å². The molecule has 0 fully saturated rings. The van der Waals surface area contributed by atoms with Crippen molar-refractivity contribution in [3.05, 3.63) is 0 Å². The van der Waals surface area contributed by atoms with Gasteiger partial charge < -0.3 is 89.4 Å². The average molecular weight is 799 g/mol. The van der Waals surface area contributed by atoms with Crippen LogP contribution in [0.4, 0.5) is 0 Å². The standard InChI is InChI=1S/C30H62N20O6/c31-16(6-1-11-42-26(32)33)21(51)47-17(7-2-12-43-27(34)35)22(52)48-18(8-3-13-44-28(36)37)23(53)49-19(9-4-14-45-29(38)39)24(54)50-20(25(55)56)10-5-15-46-30(40)41/h16-20H,1-15,31H2,(H,47,51)(H,48,52)(H,49,53)(H,50,54)(H,55,56)(H4,32,33,42)(H4,34,35,43)(H4,36,37,44)(H4,38,39,45)(H4,40,41,46)/t16-,17-,18-,19-,20-/m1/s1. The Morgan fingerprint density at radius 1 is 0.393 bits per heavy atom. The van der Waals surface area contributed by atoms with Gasteiger partial charge in [0.05, 0.1) is 6.04 Å². The van der Waals surface area contributed by atoms with Crippen LogP contribution >= 0.6 is 0 Å². The van der Waals surface area contributed by atoms with Gasteiger partial charge in [-0.05, 0) is 64.2 Å². The van der Waals surface area contributed by atoms with Gasteiger partial charge in [-0.25, -0.2) is 4.79 Å². The molecule has 26 heteroatoms. The van der Waals surface area contributed by atoms with Crippen molar-refractivity contribution < 1.29 is 29.1 Å². The van der Waals surface area contributed by atoms with Crippen LogP contribution in [-0.4, -0.2) is 127 Å². The average Bonchev–Trinajstić information content (AvgIpc) is 3.10. The normalized spacial score (nSPS) is 13.2. The molecule has 0 aliphatic carbocycles. The summed E-state index contributed by atoms with van der Waals surface area (Å²) < 4.78 is 0. The Hall–Kier alpha value is -6.34. The molecule has 4 amide bonds. The van der Waals surface area contributed by atoms with Crippen molar-refractivity contribution in [1.29, 1.82) is 0 Å². The quantitative estimate of drug-likeness (QED) is 0.0190. The summed E-state index contributed by atoms with van der Waals surface area (Å²) >= 11 is 0. The van der Waals surface area contributed by atoms with Gasteiger partial charge >= 0.3 is 5.97 Å². The fraction of sp³-hybridized carbons (Fsp3) is 0.667. The number of carboxylic acid groups (broad SMARTS) is 1. The maximum atomic E-state index is 13.8. The van der Waals surface area contributed by atoms with Crippen LogP contribution in [0, 0.1) is 0 Å². The summed E-state index contributed by atoms with van der Waals surface area (Å²) in [5, 5.41) is 20.0. The monoisotopic (exact) mass is 799 g/mol. The summed E-state index contributed by atoms with van der Waals surface area (Å²) in [4.78, 5) is 85.4. The van der Waals surface area contributed by atoms with Crippen molar-refractivity contribution in [2.24, 2.45) is 88.0 Å². The number of hydrogen-bond acceptors (Lipinski definition) is 11. The van der Waals surface area contributed by atoms with Crippen molar-refractivity contribution in [2.45, 2.75) is 94.4 Å². The smallest absolute Gasteiger partial charge is 0.326 e. The number of nitrogens with zero attached hydrogens (tertiary/aromatic N) is 5. The van der Waals surface area contributed by atoms with E-state index < -0.39 is 59.8 Å². The van der Waals surface area contributed by atoms with Crippen molar-refractivity contribution in [2.75, 3.05) is 32.7 Å². The molecular weight excluding hydrogens is 736 g/mol. The van der Waals surface area contributed by atoms with Crippen molar-refractivity contribution in [1.82, 2.24) is 21.3 Å². The summed E-state index contributed by atoms with van der Waals surface area (Å²) in [6.45, 7) is 0.628. The zero-order valence-electron chi connectivity index (χ0n) is 31.6. The molecular formula is C30H62N20O6. The fourth-order valence-corrected chi connectivity index (χ4v) is 4.82. The lowest BCUT2D eigenvalue weighted by Crippen LogP contribution is -2.58. The molecule has 318 valence electrons. The Labute approximate surface area is 324 Å². The van der Waals surface area contributed by atoms with E-state index in [9.17, 15) is 29.1 Å². The summed E-state index contributed by atoms with van der Waals surface area (Å²) in [5.74, 6) is -5.26. The summed E-state index contributed by atoms with van der Waals surface area (Å²) in [6.07, 6.45) is 1.33. The number of aliphatic imine (C=N–C) groups is 5. The van der Waals surface area contributed by atoms with Crippen LogP contribution in [0.3, 0.4) is 0 Å². The Kier molecular flexibility index (Phi) is 25.0. The molecule has 26 nitrogen and oxygen atoms in total. The largest absolute Gasteiger partial charge is 0.480 e. The van der Waals surface area contributed by atoms with E-state index in [1.54, 1.807) is 0 Å². The van der Waals surface area contributed by atoms with Gasteiger partial charge in [-0.1, -0.05) is 0 Å². The van der Waals surface area contributed by atoms with E-state index in [4.69, 9.17) is 63.1 Å². The number of rotatable bonds is 29. The highest BCUT2D eigenvalue weighted by Gasteiger charge is 2.31. The van der Waals surface area contributed by atoms with Gasteiger partial charge in [-0.3, -0.25) is 44.1 Å². The first kappa shape index (κ1) is 49.7. The highest BCUT2D eigenvalue weighted by Crippen LogP contribution is 2.08. The first-order valence-electron chi connectivity index (χ1n) is 17.8. The number of nitrogens with one attached hydrogen (secondary N) is 4. The van der Waals surface area contributed by atoms with Gasteiger partial charge in [0.15, 0.2) is 29.8 Å². The van der Waals surface area contributed by atoms with Gasteiger partial charge in [0.2, 0.25) is 23.6 Å². The summed E-state index contributed by atoms with van der Waals surface area (Å²) in [7, 11) is 0. The number of guanidine groups is 5. The van der Waals surface area contributed by atoms with E-state index in [-0.39, 0.29) is 120 Å². The lowest BCUT2D eigenvalue weighted by molar-refractivity contribution is -0.142. The van der Waals surface area contributed by atoms with Crippen molar-refractivity contribution in [3.8, 4) is 0 Å². The molecule has 0 spiro atoms. The maximum absolute atomic E-state index is 13.8. The van der Waals surface area contributed by atoms with E-state index in [0.29, 0.717) is 6.42 Å². The minimum Gasteiger partial charge on any atom is -0.480 e. The molecule has 0 heterocycles. The van der Waals surface area contributed by atoms with Crippen molar-refractivity contribution >= 4 is 59.4 Å². The van der Waals surface area contributed by atoms with E-state index in [2.05, 4.69) is 46.2 Å². The van der Waals surface area contributed by atoms with Gasteiger partial charge in [0, 0.05) is 32.7 Å². The van der Waals surface area contributed by atoms with Gasteiger partial charge in [-0.15, -0.1) is 0 Å². The first-order chi connectivity index (χ1) is 26.3. The first-order valence-corrected chi connectivity index (χ1v) is 17.8. The Morgan fingerprint density at radius 2 is 0.625 bits per heavy atom. The molecule has 0 aliphatic rings. The third-order valence-corrected chi connectivity index (χ3v) is 7.60. The minimum atomic E-state index is -1.36. The van der Waals surface area contributed by atoms with Gasteiger partial charge in [0.1, 0.15) is 24.2 Å². The summed E-state index contributed by atoms with van der Waals surface area (Å²) in [5.41, 5.74) is 59.9. The molecule has 0 radical (unpaired) electrons. The third kappa shape index (κ3) is 24.8.